The van der Waals surface area contributed by atoms with E-state index in [1.54, 1.807) is 25.1 Å². The van der Waals surface area contributed by atoms with Crippen LogP contribution in [0.4, 0.5) is 0 Å². The Morgan fingerprint density at radius 2 is 1.95 bits per heavy atom. The molecular formula is C13H18Cl2O5. The number of aliphatic hydroxyl groups is 1. The van der Waals surface area contributed by atoms with Gasteiger partial charge in [-0.15, -0.1) is 0 Å². The lowest BCUT2D eigenvalue weighted by Gasteiger charge is -2.12. The minimum atomic E-state index is -0.745. The van der Waals surface area contributed by atoms with Gasteiger partial charge in [0.05, 0.1) is 11.6 Å². The molecule has 1 atom stereocenters. The van der Waals surface area contributed by atoms with Crippen molar-refractivity contribution in [3.8, 4) is 5.75 Å². The van der Waals surface area contributed by atoms with E-state index in [0.717, 1.165) is 0 Å². The molecule has 20 heavy (non-hydrogen) atoms. The maximum Gasteiger partial charge on any atom is 0.303 e. The molecule has 0 amide bonds. The zero-order valence-corrected chi connectivity index (χ0v) is 12.8. The Labute approximate surface area is 128 Å². The molecule has 1 unspecified atom stereocenters. The number of ether oxygens (including phenoxy) is 2. The molecule has 1 aromatic rings. The lowest BCUT2D eigenvalue weighted by Crippen LogP contribution is -2.22. The van der Waals surface area contributed by atoms with Crippen LogP contribution >= 0.6 is 23.2 Å². The molecular weight excluding hydrogens is 307 g/mol. The van der Waals surface area contributed by atoms with Crippen LogP contribution in [0.1, 0.15) is 13.3 Å². The Kier molecular flexibility index (Phi) is 10.2. The summed E-state index contributed by atoms with van der Waals surface area (Å²) in [4.78, 5) is 9.37. The van der Waals surface area contributed by atoms with Gasteiger partial charge in [0.2, 0.25) is 0 Å². The molecule has 0 aliphatic rings. The van der Waals surface area contributed by atoms with Crippen LogP contribution in [0.5, 0.6) is 5.75 Å². The SMILES string of the molecule is CCC(=O)O.COCC(O)COc1ccc(Cl)cc1Cl. The Bertz CT molecular complexity index is 412. The Hall–Kier alpha value is -1.01. The maximum absolute atomic E-state index is 9.37. The predicted octanol–water partition coefficient (Wildman–Crippen LogP) is 2.86. The summed E-state index contributed by atoms with van der Waals surface area (Å²) in [5.74, 6) is -0.249. The second kappa shape index (κ2) is 10.7. The highest BCUT2D eigenvalue weighted by atomic mass is 35.5. The molecule has 0 radical (unpaired) electrons. The lowest BCUT2D eigenvalue weighted by atomic mass is 10.3. The first kappa shape index (κ1) is 19.0. The Morgan fingerprint density at radius 3 is 2.40 bits per heavy atom. The molecule has 0 heterocycles. The summed E-state index contributed by atoms with van der Waals surface area (Å²) < 4.78 is 10.0. The highest BCUT2D eigenvalue weighted by molar-refractivity contribution is 6.35. The highest BCUT2D eigenvalue weighted by Crippen LogP contribution is 2.27. The second-order valence-electron chi connectivity index (χ2n) is 3.74. The van der Waals surface area contributed by atoms with Crippen molar-refractivity contribution in [2.24, 2.45) is 0 Å². The number of carbonyl (C=O) groups is 1. The first-order valence-corrected chi connectivity index (χ1v) is 6.62. The third-order valence-electron chi connectivity index (χ3n) is 1.99. The van der Waals surface area contributed by atoms with Crippen molar-refractivity contribution in [3.63, 3.8) is 0 Å². The van der Waals surface area contributed by atoms with Gasteiger partial charge in [0, 0.05) is 18.6 Å². The number of aliphatic carboxylic acids is 1. The monoisotopic (exact) mass is 324 g/mol. The number of methoxy groups -OCH3 is 1. The van der Waals surface area contributed by atoms with Gasteiger partial charge in [0.15, 0.2) is 0 Å². The summed E-state index contributed by atoms with van der Waals surface area (Å²) in [6.45, 7) is 1.96. The van der Waals surface area contributed by atoms with Gasteiger partial charge in [-0.2, -0.15) is 0 Å². The minimum Gasteiger partial charge on any atom is -0.489 e. The Balaban J connectivity index is 0.000000621. The van der Waals surface area contributed by atoms with Crippen molar-refractivity contribution in [3.05, 3.63) is 28.2 Å². The topological polar surface area (TPSA) is 76.0 Å². The normalized spacial score (nSPS) is 11.2. The molecule has 0 saturated heterocycles. The molecule has 114 valence electrons. The summed E-state index contributed by atoms with van der Waals surface area (Å²) in [7, 11) is 1.51. The first-order valence-electron chi connectivity index (χ1n) is 5.87. The standard InChI is InChI=1S/C10H12Cl2O3.C3H6O2/c1-14-5-8(13)6-15-10-3-2-7(11)4-9(10)12;1-2-3(4)5/h2-4,8,13H,5-6H2,1H3;2H2,1H3,(H,4,5). The van der Waals surface area contributed by atoms with Crippen molar-refractivity contribution in [1.82, 2.24) is 0 Å². The van der Waals surface area contributed by atoms with Gasteiger partial charge in [-0.1, -0.05) is 30.1 Å². The molecule has 5 nitrogen and oxygen atoms in total. The quantitative estimate of drug-likeness (QED) is 0.841. The van der Waals surface area contributed by atoms with Crippen LogP contribution in [0.2, 0.25) is 10.0 Å². The van der Waals surface area contributed by atoms with Gasteiger partial charge in [-0.05, 0) is 18.2 Å². The van der Waals surface area contributed by atoms with E-state index in [2.05, 4.69) is 0 Å². The number of hydrogen-bond acceptors (Lipinski definition) is 4. The van der Waals surface area contributed by atoms with Gasteiger partial charge in [0.25, 0.3) is 0 Å². The molecule has 0 spiro atoms. The first-order chi connectivity index (χ1) is 9.40. The van der Waals surface area contributed by atoms with Crippen LogP contribution in [-0.2, 0) is 9.53 Å². The summed E-state index contributed by atoms with van der Waals surface area (Å²) in [6.07, 6.45) is -0.443. The van der Waals surface area contributed by atoms with E-state index in [-0.39, 0.29) is 19.6 Å². The number of rotatable bonds is 6. The number of carboxylic acids is 1. The maximum atomic E-state index is 9.37. The Morgan fingerprint density at radius 1 is 1.35 bits per heavy atom. The fourth-order valence-electron chi connectivity index (χ4n) is 1.02. The van der Waals surface area contributed by atoms with E-state index in [1.165, 1.54) is 7.11 Å². The number of hydrogen-bond donors (Lipinski definition) is 2. The van der Waals surface area contributed by atoms with Crippen LogP contribution in [0.3, 0.4) is 0 Å². The minimum absolute atomic E-state index is 0.134. The van der Waals surface area contributed by atoms with E-state index in [9.17, 15) is 9.90 Å². The molecule has 0 bridgehead atoms. The van der Waals surface area contributed by atoms with Crippen molar-refractivity contribution in [2.45, 2.75) is 19.4 Å². The van der Waals surface area contributed by atoms with Crippen LogP contribution in [0.25, 0.3) is 0 Å². The van der Waals surface area contributed by atoms with E-state index < -0.39 is 12.1 Å². The fourth-order valence-corrected chi connectivity index (χ4v) is 1.48. The van der Waals surface area contributed by atoms with Crippen LogP contribution < -0.4 is 4.74 Å². The highest BCUT2D eigenvalue weighted by Gasteiger charge is 2.07. The van der Waals surface area contributed by atoms with Gasteiger partial charge in [-0.25, -0.2) is 0 Å². The molecule has 1 rings (SSSR count). The number of halogens is 2. The molecule has 7 heteroatoms. The largest absolute Gasteiger partial charge is 0.489 e. The van der Waals surface area contributed by atoms with Crippen LogP contribution in [0.15, 0.2) is 18.2 Å². The van der Waals surface area contributed by atoms with E-state index in [0.29, 0.717) is 15.8 Å². The average Bonchev–Trinajstić information content (AvgIpc) is 2.38. The van der Waals surface area contributed by atoms with Crippen LogP contribution in [0, 0.1) is 0 Å². The van der Waals surface area contributed by atoms with Crippen molar-refractivity contribution in [1.29, 1.82) is 0 Å². The summed E-state index contributed by atoms with van der Waals surface area (Å²) >= 11 is 11.6. The zero-order chi connectivity index (χ0) is 15.5. The predicted molar refractivity (Wildman–Crippen MR) is 77.8 cm³/mol. The third-order valence-corrected chi connectivity index (χ3v) is 2.52. The van der Waals surface area contributed by atoms with E-state index >= 15 is 0 Å². The number of carboxylic acid groups (broad SMARTS) is 1. The smallest absolute Gasteiger partial charge is 0.303 e. The molecule has 0 saturated carbocycles. The van der Waals surface area contributed by atoms with E-state index in [1.807, 2.05) is 0 Å². The second-order valence-corrected chi connectivity index (χ2v) is 4.59. The number of benzene rings is 1. The molecule has 0 aromatic heterocycles. The van der Waals surface area contributed by atoms with Gasteiger partial charge in [0.1, 0.15) is 18.5 Å². The summed E-state index contributed by atoms with van der Waals surface area (Å²) in [6, 6.07) is 4.91. The molecule has 1 aromatic carbocycles. The van der Waals surface area contributed by atoms with Gasteiger partial charge in [-0.3, -0.25) is 4.79 Å². The molecule has 0 fully saturated rings. The van der Waals surface area contributed by atoms with Crippen molar-refractivity contribution >= 4 is 29.2 Å². The summed E-state index contributed by atoms with van der Waals surface area (Å²) in [5, 5.41) is 18.0. The molecule has 0 aliphatic heterocycles. The van der Waals surface area contributed by atoms with Crippen LogP contribution in [-0.4, -0.2) is 42.6 Å². The fraction of sp³-hybridized carbons (Fsp3) is 0.462. The molecule has 0 aliphatic carbocycles. The van der Waals surface area contributed by atoms with Crippen molar-refractivity contribution in [2.75, 3.05) is 20.3 Å². The van der Waals surface area contributed by atoms with Gasteiger partial charge < -0.3 is 19.7 Å². The van der Waals surface area contributed by atoms with E-state index in [4.69, 9.17) is 37.8 Å². The van der Waals surface area contributed by atoms with Crippen molar-refractivity contribution < 1.29 is 24.5 Å². The average molecular weight is 325 g/mol. The molecule has 2 N–H and O–H groups in total. The third kappa shape index (κ3) is 8.98. The summed E-state index contributed by atoms with van der Waals surface area (Å²) in [5.41, 5.74) is 0. The lowest BCUT2D eigenvalue weighted by molar-refractivity contribution is -0.136. The van der Waals surface area contributed by atoms with Gasteiger partial charge >= 0.3 is 5.97 Å². The number of aliphatic hydroxyl groups excluding tert-OH is 1. The zero-order valence-electron chi connectivity index (χ0n) is 11.3.